The second-order valence-electron chi connectivity index (χ2n) is 6.21. The van der Waals surface area contributed by atoms with Crippen LogP contribution >= 0.6 is 12.4 Å². The lowest BCUT2D eigenvalue weighted by Crippen LogP contribution is -2.31. The van der Waals surface area contributed by atoms with E-state index in [9.17, 15) is 5.11 Å². The van der Waals surface area contributed by atoms with Crippen LogP contribution in [0.4, 0.5) is 0 Å². The number of halogens is 1. The van der Waals surface area contributed by atoms with Crippen LogP contribution in [0.25, 0.3) is 10.8 Å². The van der Waals surface area contributed by atoms with Crippen LogP contribution in [0.15, 0.2) is 66.7 Å². The lowest BCUT2D eigenvalue weighted by molar-refractivity contribution is 0.237. The third-order valence-corrected chi connectivity index (χ3v) is 4.52. The summed E-state index contributed by atoms with van der Waals surface area (Å²) in [7, 11) is 0. The minimum atomic E-state index is 0. The van der Waals surface area contributed by atoms with E-state index in [-0.39, 0.29) is 25.1 Å². The Morgan fingerprint density at radius 1 is 0.962 bits per heavy atom. The molecule has 1 unspecified atom stereocenters. The van der Waals surface area contributed by atoms with E-state index in [4.69, 9.17) is 4.74 Å². The van der Waals surface area contributed by atoms with Gasteiger partial charge in [0, 0.05) is 18.2 Å². The average Bonchev–Trinajstić information content (AvgIpc) is 2.68. The van der Waals surface area contributed by atoms with E-state index in [2.05, 4.69) is 48.6 Å². The smallest absolute Gasteiger partial charge is 0.124 e. The summed E-state index contributed by atoms with van der Waals surface area (Å²) in [5.74, 6) is 0.892. The summed E-state index contributed by atoms with van der Waals surface area (Å²) >= 11 is 0. The van der Waals surface area contributed by atoms with Crippen LogP contribution in [0.2, 0.25) is 0 Å². The van der Waals surface area contributed by atoms with E-state index < -0.39 is 0 Å². The molecule has 0 amide bonds. The van der Waals surface area contributed by atoms with Crippen LogP contribution in [0.5, 0.6) is 5.75 Å². The highest BCUT2D eigenvalue weighted by molar-refractivity contribution is 5.87. The molecule has 0 radical (unpaired) electrons. The molecular formula is C22H26ClNO2. The fraction of sp³-hybridized carbons (Fsp3) is 0.273. The van der Waals surface area contributed by atoms with E-state index in [1.54, 1.807) is 0 Å². The molecule has 0 bridgehead atoms. The molecule has 0 fully saturated rings. The van der Waals surface area contributed by atoms with Gasteiger partial charge in [-0.05, 0) is 28.8 Å². The summed E-state index contributed by atoms with van der Waals surface area (Å²) in [4.78, 5) is 0. The van der Waals surface area contributed by atoms with Crippen LogP contribution in [0.1, 0.15) is 24.5 Å². The maximum Gasteiger partial charge on any atom is 0.124 e. The average molecular weight is 372 g/mol. The highest BCUT2D eigenvalue weighted by Gasteiger charge is 2.11. The molecule has 0 saturated carbocycles. The maximum atomic E-state index is 9.44. The number of rotatable bonds is 8. The first-order valence-corrected chi connectivity index (χ1v) is 8.83. The fourth-order valence-electron chi connectivity index (χ4n) is 2.95. The predicted molar refractivity (Wildman–Crippen MR) is 110 cm³/mol. The Kier molecular flexibility index (Phi) is 7.92. The van der Waals surface area contributed by atoms with Gasteiger partial charge < -0.3 is 15.2 Å². The second kappa shape index (κ2) is 10.2. The first-order chi connectivity index (χ1) is 12.3. The van der Waals surface area contributed by atoms with Crippen molar-refractivity contribution in [2.45, 2.75) is 32.5 Å². The number of benzene rings is 3. The van der Waals surface area contributed by atoms with Gasteiger partial charge in [-0.1, -0.05) is 67.6 Å². The largest absolute Gasteiger partial charge is 0.489 e. The number of aliphatic hydroxyl groups is 1. The van der Waals surface area contributed by atoms with Gasteiger partial charge in [0.1, 0.15) is 12.4 Å². The Morgan fingerprint density at radius 2 is 1.69 bits per heavy atom. The molecule has 138 valence electrons. The molecule has 0 aromatic heterocycles. The third-order valence-electron chi connectivity index (χ3n) is 4.52. The molecule has 0 aliphatic carbocycles. The summed E-state index contributed by atoms with van der Waals surface area (Å²) in [5.41, 5.74) is 2.29. The summed E-state index contributed by atoms with van der Waals surface area (Å²) in [6.07, 6.45) is 0.890. The predicted octanol–water partition coefficient (Wildman–Crippen LogP) is 4.70. The first kappa shape index (κ1) is 20.2. The number of nitrogens with one attached hydrogen (secondary N) is 1. The molecule has 4 heteroatoms. The maximum absolute atomic E-state index is 9.44. The van der Waals surface area contributed by atoms with Gasteiger partial charge in [0.05, 0.1) is 6.61 Å². The Morgan fingerprint density at radius 3 is 2.42 bits per heavy atom. The van der Waals surface area contributed by atoms with Gasteiger partial charge in [-0.15, -0.1) is 12.4 Å². The number of fused-ring (bicyclic) bond motifs is 1. The van der Waals surface area contributed by atoms with Gasteiger partial charge in [-0.25, -0.2) is 0 Å². The normalized spacial score (nSPS) is 11.8. The van der Waals surface area contributed by atoms with E-state index in [0.29, 0.717) is 13.2 Å². The van der Waals surface area contributed by atoms with E-state index in [1.807, 2.05) is 30.3 Å². The van der Waals surface area contributed by atoms with Crippen molar-refractivity contribution in [3.63, 3.8) is 0 Å². The van der Waals surface area contributed by atoms with Gasteiger partial charge in [-0.3, -0.25) is 0 Å². The zero-order valence-electron chi connectivity index (χ0n) is 15.0. The van der Waals surface area contributed by atoms with Crippen molar-refractivity contribution in [1.82, 2.24) is 5.32 Å². The monoisotopic (exact) mass is 371 g/mol. The molecule has 0 heterocycles. The topological polar surface area (TPSA) is 41.5 Å². The molecule has 3 rings (SSSR count). The number of hydrogen-bond acceptors (Lipinski definition) is 3. The molecule has 0 aliphatic rings. The highest BCUT2D eigenvalue weighted by Crippen LogP contribution is 2.29. The van der Waals surface area contributed by atoms with Crippen molar-refractivity contribution >= 4 is 23.2 Å². The summed E-state index contributed by atoms with van der Waals surface area (Å²) < 4.78 is 6.13. The van der Waals surface area contributed by atoms with E-state index in [1.165, 1.54) is 10.8 Å². The molecule has 0 spiro atoms. The Hall–Kier alpha value is -2.07. The van der Waals surface area contributed by atoms with Gasteiger partial charge >= 0.3 is 0 Å². The zero-order valence-corrected chi connectivity index (χ0v) is 15.8. The van der Waals surface area contributed by atoms with Crippen molar-refractivity contribution in [3.05, 3.63) is 77.9 Å². The van der Waals surface area contributed by atoms with Gasteiger partial charge in [0.15, 0.2) is 0 Å². The van der Waals surface area contributed by atoms with Crippen LogP contribution < -0.4 is 10.1 Å². The lowest BCUT2D eigenvalue weighted by atomic mass is 10.0. The lowest BCUT2D eigenvalue weighted by Gasteiger charge is -2.18. The molecule has 3 nitrogen and oxygen atoms in total. The summed E-state index contributed by atoms with van der Waals surface area (Å²) in [6, 6.07) is 22.8. The van der Waals surface area contributed by atoms with E-state index >= 15 is 0 Å². The second-order valence-corrected chi connectivity index (χ2v) is 6.21. The van der Waals surface area contributed by atoms with Crippen LogP contribution in [0.3, 0.4) is 0 Å². The molecule has 3 aromatic rings. The first-order valence-electron chi connectivity index (χ1n) is 8.83. The van der Waals surface area contributed by atoms with Gasteiger partial charge in [0.2, 0.25) is 0 Å². The molecule has 3 aromatic carbocycles. The molecule has 2 N–H and O–H groups in total. The molecular weight excluding hydrogens is 346 g/mol. The van der Waals surface area contributed by atoms with Crippen LogP contribution in [-0.4, -0.2) is 17.8 Å². The molecule has 0 saturated heterocycles. The Labute approximate surface area is 161 Å². The minimum Gasteiger partial charge on any atom is -0.489 e. The fourth-order valence-corrected chi connectivity index (χ4v) is 2.95. The number of ether oxygens (including phenoxy) is 1. The quantitative estimate of drug-likeness (QED) is 0.603. The summed E-state index contributed by atoms with van der Waals surface area (Å²) in [5, 5.41) is 15.3. The number of hydrogen-bond donors (Lipinski definition) is 2. The Bertz CT molecular complexity index is 804. The molecule has 1 atom stereocenters. The van der Waals surface area contributed by atoms with Crippen molar-refractivity contribution in [1.29, 1.82) is 0 Å². The van der Waals surface area contributed by atoms with Crippen molar-refractivity contribution in [2.75, 3.05) is 6.61 Å². The SMILES string of the molecule is CCC(CO)NCc1c(OCc2ccccc2)ccc2ccccc12.Cl. The number of aliphatic hydroxyl groups excluding tert-OH is 1. The van der Waals surface area contributed by atoms with Crippen molar-refractivity contribution in [3.8, 4) is 5.75 Å². The van der Waals surface area contributed by atoms with E-state index in [0.717, 1.165) is 23.3 Å². The summed E-state index contributed by atoms with van der Waals surface area (Å²) in [6.45, 7) is 3.43. The van der Waals surface area contributed by atoms with Crippen molar-refractivity contribution < 1.29 is 9.84 Å². The highest BCUT2D eigenvalue weighted by atomic mass is 35.5. The molecule has 26 heavy (non-hydrogen) atoms. The Balaban J connectivity index is 0.00000243. The van der Waals surface area contributed by atoms with Crippen LogP contribution in [0, 0.1) is 0 Å². The molecule has 0 aliphatic heterocycles. The van der Waals surface area contributed by atoms with Gasteiger partial charge in [-0.2, -0.15) is 0 Å². The minimum absolute atomic E-state index is 0. The van der Waals surface area contributed by atoms with Crippen molar-refractivity contribution in [2.24, 2.45) is 0 Å². The standard InChI is InChI=1S/C22H25NO2.ClH/c1-2-19(15-24)23-14-21-20-11-7-6-10-18(20)12-13-22(21)25-16-17-8-4-3-5-9-17;/h3-13,19,23-24H,2,14-16H2,1H3;1H. The third kappa shape index (κ3) is 4.98. The van der Waals surface area contributed by atoms with Gasteiger partial charge in [0.25, 0.3) is 0 Å². The zero-order chi connectivity index (χ0) is 17.5. The van der Waals surface area contributed by atoms with Crippen LogP contribution in [-0.2, 0) is 13.2 Å².